The Morgan fingerprint density at radius 2 is 2.00 bits per heavy atom. The first-order valence-corrected chi connectivity index (χ1v) is 4.64. The zero-order valence-electron chi connectivity index (χ0n) is 8.41. The van der Waals surface area contributed by atoms with Crippen molar-refractivity contribution in [2.45, 2.75) is 13.3 Å². The van der Waals surface area contributed by atoms with Gasteiger partial charge in [0, 0.05) is 20.6 Å². The molecule has 13 heavy (non-hydrogen) atoms. The molecule has 2 N–H and O–H groups in total. The number of nitrogens with zero attached hydrogens (tertiary/aromatic N) is 2. The van der Waals surface area contributed by atoms with Gasteiger partial charge in [0.1, 0.15) is 0 Å². The average molecular weight is 203 g/mol. The molecule has 0 saturated heterocycles. The summed E-state index contributed by atoms with van der Waals surface area (Å²) in [6, 6.07) is -0.0466. The standard InChI is InChI=1S/C8H17N3OS/c1-4-5-11(6-7(9)13)8(12)10(2)3/h4-6H2,1-3H3,(H2,9,13). The van der Waals surface area contributed by atoms with Crippen molar-refractivity contribution in [1.29, 1.82) is 0 Å². The van der Waals surface area contributed by atoms with E-state index in [-0.39, 0.29) is 6.03 Å². The number of thiocarbonyl (C=S) groups is 1. The Balaban J connectivity index is 4.23. The van der Waals surface area contributed by atoms with Crippen LogP contribution in [0.15, 0.2) is 0 Å². The molecule has 0 bridgehead atoms. The minimum atomic E-state index is -0.0466. The van der Waals surface area contributed by atoms with Gasteiger partial charge in [0.2, 0.25) is 0 Å². The van der Waals surface area contributed by atoms with Gasteiger partial charge < -0.3 is 15.5 Å². The fourth-order valence-corrected chi connectivity index (χ4v) is 1.14. The smallest absolute Gasteiger partial charge is 0.319 e. The van der Waals surface area contributed by atoms with Crippen LogP contribution >= 0.6 is 12.2 Å². The molecule has 0 unspecified atom stereocenters. The minimum absolute atomic E-state index is 0.0466. The summed E-state index contributed by atoms with van der Waals surface area (Å²) in [5, 5.41) is 0. The highest BCUT2D eigenvalue weighted by Gasteiger charge is 2.14. The zero-order valence-corrected chi connectivity index (χ0v) is 9.23. The quantitative estimate of drug-likeness (QED) is 0.683. The molecule has 0 aromatic rings. The molecule has 0 saturated carbocycles. The van der Waals surface area contributed by atoms with E-state index in [4.69, 9.17) is 18.0 Å². The molecule has 0 aliphatic rings. The van der Waals surface area contributed by atoms with Crippen LogP contribution in [0.3, 0.4) is 0 Å². The van der Waals surface area contributed by atoms with Gasteiger partial charge in [-0.1, -0.05) is 19.1 Å². The second-order valence-electron chi connectivity index (χ2n) is 3.06. The van der Waals surface area contributed by atoms with Crippen molar-refractivity contribution in [3.8, 4) is 0 Å². The van der Waals surface area contributed by atoms with Crippen LogP contribution in [0.2, 0.25) is 0 Å². The molecule has 4 nitrogen and oxygen atoms in total. The van der Waals surface area contributed by atoms with Gasteiger partial charge in [-0.15, -0.1) is 0 Å². The molecular formula is C8H17N3OS. The van der Waals surface area contributed by atoms with E-state index in [1.807, 2.05) is 6.92 Å². The van der Waals surface area contributed by atoms with Crippen LogP contribution < -0.4 is 5.73 Å². The Morgan fingerprint density at radius 1 is 1.46 bits per heavy atom. The Morgan fingerprint density at radius 3 is 2.31 bits per heavy atom. The van der Waals surface area contributed by atoms with Gasteiger partial charge in [0.05, 0.1) is 11.5 Å². The van der Waals surface area contributed by atoms with Gasteiger partial charge in [-0.3, -0.25) is 0 Å². The maximum Gasteiger partial charge on any atom is 0.319 e. The number of hydrogen-bond acceptors (Lipinski definition) is 2. The maximum absolute atomic E-state index is 11.5. The first kappa shape index (κ1) is 12.2. The van der Waals surface area contributed by atoms with E-state index in [1.54, 1.807) is 19.0 Å². The normalized spacial score (nSPS) is 9.46. The number of urea groups is 1. The highest BCUT2D eigenvalue weighted by Crippen LogP contribution is 1.96. The molecule has 0 aliphatic carbocycles. The molecule has 0 rings (SSSR count). The number of carbonyl (C=O) groups is 1. The van der Waals surface area contributed by atoms with Crippen molar-refractivity contribution in [2.24, 2.45) is 5.73 Å². The highest BCUT2D eigenvalue weighted by atomic mass is 32.1. The molecular weight excluding hydrogens is 186 g/mol. The number of rotatable bonds is 4. The fraction of sp³-hybridized carbons (Fsp3) is 0.750. The molecule has 76 valence electrons. The van der Waals surface area contributed by atoms with Crippen LogP contribution in [0.25, 0.3) is 0 Å². The van der Waals surface area contributed by atoms with E-state index in [0.717, 1.165) is 6.42 Å². The predicted molar refractivity (Wildman–Crippen MR) is 57.7 cm³/mol. The average Bonchev–Trinajstić information content (AvgIpc) is 2.01. The van der Waals surface area contributed by atoms with Crippen molar-refractivity contribution < 1.29 is 4.79 Å². The van der Waals surface area contributed by atoms with Crippen LogP contribution in [-0.4, -0.2) is 48.0 Å². The third kappa shape index (κ3) is 4.67. The lowest BCUT2D eigenvalue weighted by Gasteiger charge is -2.24. The monoisotopic (exact) mass is 203 g/mol. The molecule has 0 fully saturated rings. The topological polar surface area (TPSA) is 49.6 Å². The lowest BCUT2D eigenvalue weighted by atomic mass is 10.4. The maximum atomic E-state index is 11.5. The molecule has 0 aliphatic heterocycles. The van der Waals surface area contributed by atoms with Crippen molar-refractivity contribution in [3.63, 3.8) is 0 Å². The van der Waals surface area contributed by atoms with Crippen LogP contribution in [0.1, 0.15) is 13.3 Å². The number of nitrogens with two attached hydrogens (primary N) is 1. The summed E-state index contributed by atoms with van der Waals surface area (Å²) in [5.41, 5.74) is 5.38. The predicted octanol–water partition coefficient (Wildman–Crippen LogP) is 0.666. The van der Waals surface area contributed by atoms with Crippen LogP contribution in [0, 0.1) is 0 Å². The lowest BCUT2D eigenvalue weighted by Crippen LogP contribution is -2.43. The van der Waals surface area contributed by atoms with Gasteiger partial charge in [0.25, 0.3) is 0 Å². The lowest BCUT2D eigenvalue weighted by molar-refractivity contribution is 0.178. The van der Waals surface area contributed by atoms with Gasteiger partial charge in [-0.25, -0.2) is 4.79 Å². The molecule has 5 heteroatoms. The van der Waals surface area contributed by atoms with E-state index in [2.05, 4.69) is 0 Å². The summed E-state index contributed by atoms with van der Waals surface area (Å²) in [5.74, 6) is 0. The van der Waals surface area contributed by atoms with E-state index in [0.29, 0.717) is 18.1 Å². The zero-order chi connectivity index (χ0) is 10.4. The summed E-state index contributed by atoms with van der Waals surface area (Å²) in [7, 11) is 3.43. The van der Waals surface area contributed by atoms with Crippen molar-refractivity contribution in [1.82, 2.24) is 9.80 Å². The Labute approximate surface area is 84.7 Å². The van der Waals surface area contributed by atoms with Gasteiger partial charge in [0.15, 0.2) is 0 Å². The van der Waals surface area contributed by atoms with Crippen LogP contribution in [0.4, 0.5) is 4.79 Å². The van der Waals surface area contributed by atoms with Crippen molar-refractivity contribution in [2.75, 3.05) is 27.2 Å². The first-order valence-electron chi connectivity index (χ1n) is 4.23. The Hall–Kier alpha value is -0.840. The molecule has 0 radical (unpaired) electrons. The van der Waals surface area contributed by atoms with E-state index >= 15 is 0 Å². The number of hydrogen-bond donors (Lipinski definition) is 1. The summed E-state index contributed by atoms with van der Waals surface area (Å²) in [6.45, 7) is 3.06. The largest absolute Gasteiger partial charge is 0.392 e. The third-order valence-electron chi connectivity index (χ3n) is 1.49. The molecule has 0 atom stereocenters. The Bertz CT molecular complexity index is 194. The van der Waals surface area contributed by atoms with Crippen molar-refractivity contribution >= 4 is 23.2 Å². The van der Waals surface area contributed by atoms with Gasteiger partial charge in [-0.2, -0.15) is 0 Å². The second kappa shape index (κ2) is 5.75. The molecule has 0 aromatic heterocycles. The molecule has 0 spiro atoms. The Kier molecular flexibility index (Phi) is 5.37. The van der Waals surface area contributed by atoms with Gasteiger partial charge in [-0.05, 0) is 6.42 Å². The van der Waals surface area contributed by atoms with Gasteiger partial charge >= 0.3 is 6.03 Å². The molecule has 2 amide bonds. The summed E-state index contributed by atoms with van der Waals surface area (Å²) in [4.78, 5) is 15.0. The fourth-order valence-electron chi connectivity index (χ4n) is 0.983. The van der Waals surface area contributed by atoms with Crippen LogP contribution in [-0.2, 0) is 0 Å². The second-order valence-corrected chi connectivity index (χ2v) is 3.59. The number of amides is 2. The van der Waals surface area contributed by atoms with E-state index in [9.17, 15) is 4.79 Å². The summed E-state index contributed by atoms with van der Waals surface area (Å²) < 4.78 is 0. The van der Waals surface area contributed by atoms with E-state index < -0.39 is 0 Å². The number of carbonyl (C=O) groups excluding carboxylic acids is 1. The van der Waals surface area contributed by atoms with Crippen LogP contribution in [0.5, 0.6) is 0 Å². The summed E-state index contributed by atoms with van der Waals surface area (Å²) in [6.07, 6.45) is 0.905. The highest BCUT2D eigenvalue weighted by molar-refractivity contribution is 7.80. The summed E-state index contributed by atoms with van der Waals surface area (Å²) >= 11 is 4.76. The minimum Gasteiger partial charge on any atom is -0.392 e. The molecule has 0 heterocycles. The first-order chi connectivity index (χ1) is 5.99. The van der Waals surface area contributed by atoms with Crippen molar-refractivity contribution in [3.05, 3.63) is 0 Å². The molecule has 0 aromatic carbocycles. The van der Waals surface area contributed by atoms with E-state index in [1.165, 1.54) is 4.90 Å². The SMILES string of the molecule is CCCN(CC(N)=S)C(=O)N(C)C. The third-order valence-corrected chi connectivity index (χ3v) is 1.62.